The Hall–Kier alpha value is -4.88. The van der Waals surface area contributed by atoms with Crippen LogP contribution in [0.3, 0.4) is 0 Å². The summed E-state index contributed by atoms with van der Waals surface area (Å²) in [6, 6.07) is 5.24. The number of phenols is 4. The number of benzene rings is 2. The van der Waals surface area contributed by atoms with Gasteiger partial charge in [-0.25, -0.2) is 19.2 Å². The normalized spacial score (nSPS) is 12.8. The van der Waals surface area contributed by atoms with E-state index >= 15 is 0 Å². The lowest BCUT2D eigenvalue weighted by Crippen LogP contribution is -2.46. The number of alkyl carbamates (subject to hydrolysis) is 2. The van der Waals surface area contributed by atoms with E-state index in [-0.39, 0.29) is 24.3 Å². The summed E-state index contributed by atoms with van der Waals surface area (Å²) < 4.78 is 20.9. The number of rotatable bonds is 11. The van der Waals surface area contributed by atoms with E-state index in [0.29, 0.717) is 11.1 Å². The van der Waals surface area contributed by atoms with Crippen LogP contribution in [0.15, 0.2) is 36.4 Å². The van der Waals surface area contributed by atoms with Crippen LogP contribution in [0.5, 0.6) is 23.0 Å². The summed E-state index contributed by atoms with van der Waals surface area (Å²) >= 11 is 0. The Morgan fingerprint density at radius 1 is 0.614 bits per heavy atom. The summed E-state index contributed by atoms with van der Waals surface area (Å²) in [6.07, 6.45) is -2.06. The highest BCUT2D eigenvalue weighted by Gasteiger charge is 2.28. The molecule has 2 amide bonds. The van der Waals surface area contributed by atoms with E-state index in [1.165, 1.54) is 36.4 Å². The topological polar surface area (TPSA) is 210 Å². The summed E-state index contributed by atoms with van der Waals surface area (Å²) in [5.74, 6) is -3.37. The summed E-state index contributed by atoms with van der Waals surface area (Å²) in [5, 5.41) is 43.6. The number of hydrogen-bond donors (Lipinski definition) is 6. The van der Waals surface area contributed by atoms with E-state index in [1.54, 1.807) is 41.5 Å². The maximum atomic E-state index is 12.9. The van der Waals surface area contributed by atoms with Crippen molar-refractivity contribution in [1.82, 2.24) is 10.6 Å². The number of carbonyl (C=O) groups excluding carboxylic acids is 4. The molecule has 0 heterocycles. The average Bonchev–Trinajstić information content (AvgIpc) is 2.87. The van der Waals surface area contributed by atoms with Gasteiger partial charge in [-0.15, -0.1) is 0 Å². The quantitative estimate of drug-likeness (QED) is 0.0926. The van der Waals surface area contributed by atoms with Gasteiger partial charge in [0.1, 0.15) is 36.5 Å². The molecule has 6 N–H and O–H groups in total. The summed E-state index contributed by atoms with van der Waals surface area (Å²) in [6.45, 7) is 9.00. The molecule has 0 aliphatic rings. The Morgan fingerprint density at radius 3 is 1.25 bits per heavy atom. The highest BCUT2D eigenvalue weighted by molar-refractivity contribution is 5.83. The molecular weight excluding hydrogens is 580 g/mol. The summed E-state index contributed by atoms with van der Waals surface area (Å²) in [4.78, 5) is 50.5. The number of nitrogens with one attached hydrogen (secondary N) is 2. The van der Waals surface area contributed by atoms with E-state index in [2.05, 4.69) is 10.6 Å². The van der Waals surface area contributed by atoms with Crippen LogP contribution in [0.2, 0.25) is 0 Å². The second-order valence-corrected chi connectivity index (χ2v) is 11.8. The standard InChI is InChI=1S/C30H40N2O12/c1-29(2,3)43-27(39)31-19(13-17-7-9-21(33)23(35)15-17)25(37)41-11-12-42-26(38)20(32-28(40)44-30(4,5)6)14-18-8-10-22(34)24(36)16-18/h7-10,15-16,19-20,33-36H,11-14H2,1-6H3,(H,31,39)(H,32,40)/t19-,20-/m0/s1. The maximum absolute atomic E-state index is 12.9. The van der Waals surface area contributed by atoms with E-state index in [4.69, 9.17) is 18.9 Å². The SMILES string of the molecule is CC(C)(C)OC(=O)N[C@@H](Cc1ccc(O)c(O)c1)C(=O)OCCOC(=O)[C@H](Cc1ccc(O)c(O)c1)NC(=O)OC(C)(C)C. The summed E-state index contributed by atoms with van der Waals surface area (Å²) in [7, 11) is 0. The third kappa shape index (κ3) is 12.5. The zero-order valence-electron chi connectivity index (χ0n) is 25.5. The van der Waals surface area contributed by atoms with Crippen molar-refractivity contribution in [2.24, 2.45) is 0 Å². The molecule has 2 aromatic rings. The van der Waals surface area contributed by atoms with Crippen LogP contribution in [0.4, 0.5) is 9.59 Å². The van der Waals surface area contributed by atoms with Gasteiger partial charge >= 0.3 is 24.1 Å². The molecule has 2 aromatic carbocycles. The van der Waals surface area contributed by atoms with Crippen molar-refractivity contribution in [2.75, 3.05) is 13.2 Å². The molecule has 2 rings (SSSR count). The van der Waals surface area contributed by atoms with Gasteiger partial charge in [0.05, 0.1) is 0 Å². The molecule has 44 heavy (non-hydrogen) atoms. The Kier molecular flexibility index (Phi) is 12.1. The molecule has 0 saturated carbocycles. The molecule has 14 heteroatoms. The molecule has 0 aromatic heterocycles. The lowest BCUT2D eigenvalue weighted by atomic mass is 10.1. The van der Waals surface area contributed by atoms with Gasteiger partial charge in [0.2, 0.25) is 0 Å². The Labute approximate surface area is 254 Å². The molecule has 0 aliphatic carbocycles. The first-order chi connectivity index (χ1) is 20.3. The first kappa shape index (κ1) is 35.3. The fraction of sp³-hybridized carbons (Fsp3) is 0.467. The first-order valence-corrected chi connectivity index (χ1v) is 13.7. The smallest absolute Gasteiger partial charge is 0.408 e. The second-order valence-electron chi connectivity index (χ2n) is 11.8. The molecule has 0 aliphatic heterocycles. The van der Waals surface area contributed by atoms with Crippen LogP contribution in [0, 0.1) is 0 Å². The fourth-order valence-electron chi connectivity index (χ4n) is 3.64. The van der Waals surface area contributed by atoms with Crippen LogP contribution < -0.4 is 10.6 Å². The molecule has 0 unspecified atom stereocenters. The average molecular weight is 621 g/mol. The number of phenolic OH excluding ortho intramolecular Hbond substituents is 4. The highest BCUT2D eigenvalue weighted by atomic mass is 16.6. The molecule has 242 valence electrons. The number of ether oxygens (including phenoxy) is 4. The Balaban J connectivity index is 2.06. The van der Waals surface area contributed by atoms with Crippen LogP contribution in [0.1, 0.15) is 52.7 Å². The largest absolute Gasteiger partial charge is 0.504 e. The molecule has 0 radical (unpaired) electrons. The number of esters is 2. The highest BCUT2D eigenvalue weighted by Crippen LogP contribution is 2.26. The van der Waals surface area contributed by atoms with E-state index in [1.807, 2.05) is 0 Å². The molecule has 0 bridgehead atoms. The van der Waals surface area contributed by atoms with E-state index in [9.17, 15) is 39.6 Å². The Morgan fingerprint density at radius 2 is 0.955 bits per heavy atom. The van der Waals surface area contributed by atoms with Gasteiger partial charge in [-0.2, -0.15) is 0 Å². The van der Waals surface area contributed by atoms with Gasteiger partial charge in [0, 0.05) is 12.8 Å². The second kappa shape index (κ2) is 15.0. The van der Waals surface area contributed by atoms with Crippen molar-refractivity contribution in [3.8, 4) is 23.0 Å². The molecular formula is C30H40N2O12. The number of aromatic hydroxyl groups is 4. The third-order valence-electron chi connectivity index (χ3n) is 5.48. The molecule has 0 saturated heterocycles. The van der Waals surface area contributed by atoms with Crippen molar-refractivity contribution < 1.29 is 58.6 Å². The first-order valence-electron chi connectivity index (χ1n) is 13.7. The van der Waals surface area contributed by atoms with Crippen molar-refractivity contribution in [3.63, 3.8) is 0 Å². The zero-order valence-corrected chi connectivity index (χ0v) is 25.5. The van der Waals surface area contributed by atoms with Crippen molar-refractivity contribution in [1.29, 1.82) is 0 Å². The van der Waals surface area contributed by atoms with E-state index < -0.39 is 72.1 Å². The van der Waals surface area contributed by atoms with Gasteiger partial charge in [-0.1, -0.05) is 12.1 Å². The number of hydrogen-bond acceptors (Lipinski definition) is 12. The van der Waals surface area contributed by atoms with Crippen molar-refractivity contribution in [3.05, 3.63) is 47.5 Å². The molecule has 14 nitrogen and oxygen atoms in total. The van der Waals surface area contributed by atoms with E-state index in [0.717, 1.165) is 0 Å². The predicted octanol–water partition coefficient (Wildman–Crippen LogP) is 3.17. The van der Waals surface area contributed by atoms with Crippen LogP contribution in [-0.4, -0.2) is 81.1 Å². The molecule has 0 spiro atoms. The van der Waals surface area contributed by atoms with Crippen LogP contribution in [0.25, 0.3) is 0 Å². The van der Waals surface area contributed by atoms with Gasteiger partial charge in [0.15, 0.2) is 23.0 Å². The van der Waals surface area contributed by atoms with Gasteiger partial charge in [-0.3, -0.25) is 0 Å². The van der Waals surface area contributed by atoms with Gasteiger partial charge in [0.25, 0.3) is 0 Å². The summed E-state index contributed by atoms with van der Waals surface area (Å²) in [5.41, 5.74) is -0.930. The Bertz CT molecular complexity index is 1230. The lowest BCUT2D eigenvalue weighted by Gasteiger charge is -2.23. The maximum Gasteiger partial charge on any atom is 0.408 e. The zero-order chi connectivity index (χ0) is 33.2. The molecule has 0 fully saturated rings. The number of amides is 2. The van der Waals surface area contributed by atoms with Crippen molar-refractivity contribution >= 4 is 24.1 Å². The molecule has 2 atom stereocenters. The third-order valence-corrected chi connectivity index (χ3v) is 5.48. The predicted molar refractivity (Wildman–Crippen MR) is 155 cm³/mol. The van der Waals surface area contributed by atoms with Crippen molar-refractivity contribution in [2.45, 2.75) is 77.7 Å². The minimum atomic E-state index is -1.27. The minimum Gasteiger partial charge on any atom is -0.504 e. The fourth-order valence-corrected chi connectivity index (χ4v) is 3.64. The van der Waals surface area contributed by atoms with Crippen LogP contribution in [-0.2, 0) is 41.4 Å². The van der Waals surface area contributed by atoms with Crippen LogP contribution >= 0.6 is 0 Å². The monoisotopic (exact) mass is 620 g/mol. The lowest BCUT2D eigenvalue weighted by molar-refractivity contribution is -0.154. The number of carbonyl (C=O) groups is 4. The van der Waals surface area contributed by atoms with Gasteiger partial charge < -0.3 is 50.0 Å². The minimum absolute atomic E-state index is 0.132. The van der Waals surface area contributed by atoms with Gasteiger partial charge in [-0.05, 0) is 76.9 Å².